The van der Waals surface area contributed by atoms with Gasteiger partial charge in [-0.3, -0.25) is 14.9 Å². The number of amides is 1. The third-order valence-electron chi connectivity index (χ3n) is 3.69. The number of benzene rings is 1. The van der Waals surface area contributed by atoms with Gasteiger partial charge in [-0.1, -0.05) is 20.8 Å². The van der Waals surface area contributed by atoms with Crippen molar-refractivity contribution in [1.82, 2.24) is 4.90 Å². The van der Waals surface area contributed by atoms with E-state index in [0.29, 0.717) is 17.6 Å². The smallest absolute Gasteiger partial charge is 0.270 e. The Morgan fingerprint density at radius 2 is 1.82 bits per heavy atom. The molecule has 2 rings (SSSR count). The van der Waals surface area contributed by atoms with Crippen molar-refractivity contribution in [2.24, 2.45) is 5.41 Å². The van der Waals surface area contributed by atoms with E-state index in [9.17, 15) is 14.9 Å². The number of nitro groups is 1. The average Bonchev–Trinajstić information content (AvgIpc) is 2.45. The van der Waals surface area contributed by atoms with Crippen LogP contribution in [0.1, 0.15) is 20.8 Å². The third kappa shape index (κ3) is 3.58. The molecule has 0 aromatic heterocycles. The Kier molecular flexibility index (Phi) is 4.75. The van der Waals surface area contributed by atoms with Crippen molar-refractivity contribution in [3.8, 4) is 0 Å². The summed E-state index contributed by atoms with van der Waals surface area (Å²) in [5, 5.41) is 10.8. The molecule has 120 valence electrons. The van der Waals surface area contributed by atoms with Crippen LogP contribution in [0.3, 0.4) is 0 Å². The second-order valence-electron chi connectivity index (χ2n) is 6.42. The molecule has 0 unspecified atom stereocenters. The van der Waals surface area contributed by atoms with Crippen molar-refractivity contribution in [3.63, 3.8) is 0 Å². The minimum absolute atomic E-state index is 0.0668. The molecule has 22 heavy (non-hydrogen) atoms. The van der Waals surface area contributed by atoms with Crippen LogP contribution in [0.2, 0.25) is 0 Å². The van der Waals surface area contributed by atoms with Crippen LogP contribution in [0.4, 0.5) is 11.4 Å². The van der Waals surface area contributed by atoms with Gasteiger partial charge in [0, 0.05) is 48.2 Å². The van der Waals surface area contributed by atoms with Gasteiger partial charge in [-0.25, -0.2) is 0 Å². The Labute approximate surface area is 138 Å². The molecule has 0 spiro atoms. The van der Waals surface area contributed by atoms with Crippen molar-refractivity contribution < 1.29 is 9.72 Å². The van der Waals surface area contributed by atoms with E-state index in [0.717, 1.165) is 18.8 Å². The molecular formula is C15H20BrN3O3. The first-order chi connectivity index (χ1) is 10.2. The number of piperazine rings is 1. The third-order valence-corrected chi connectivity index (χ3v) is 4.33. The molecule has 1 aliphatic rings. The summed E-state index contributed by atoms with van der Waals surface area (Å²) < 4.78 is 0.706. The summed E-state index contributed by atoms with van der Waals surface area (Å²) in [6, 6.07) is 4.78. The number of nitro benzene ring substituents is 1. The second kappa shape index (κ2) is 6.24. The maximum absolute atomic E-state index is 12.3. The summed E-state index contributed by atoms with van der Waals surface area (Å²) in [6.07, 6.45) is 0. The van der Waals surface area contributed by atoms with E-state index >= 15 is 0 Å². The van der Waals surface area contributed by atoms with Crippen LogP contribution in [0, 0.1) is 15.5 Å². The lowest BCUT2D eigenvalue weighted by atomic mass is 9.94. The molecule has 0 bridgehead atoms. The molecule has 1 aromatic rings. The fraction of sp³-hybridized carbons (Fsp3) is 0.533. The molecule has 1 fully saturated rings. The van der Waals surface area contributed by atoms with Crippen molar-refractivity contribution in [2.45, 2.75) is 20.8 Å². The van der Waals surface area contributed by atoms with Gasteiger partial charge in [0.2, 0.25) is 5.91 Å². The highest BCUT2D eigenvalue weighted by atomic mass is 79.9. The first-order valence-corrected chi connectivity index (χ1v) is 7.98. The molecule has 0 saturated carbocycles. The Hall–Kier alpha value is -1.63. The molecule has 6 nitrogen and oxygen atoms in total. The lowest BCUT2D eigenvalue weighted by Crippen LogP contribution is -2.51. The van der Waals surface area contributed by atoms with Crippen LogP contribution in [0.25, 0.3) is 0 Å². The summed E-state index contributed by atoms with van der Waals surface area (Å²) in [5.74, 6) is 0.162. The Morgan fingerprint density at radius 3 is 2.27 bits per heavy atom. The lowest BCUT2D eigenvalue weighted by Gasteiger charge is -2.39. The molecule has 0 aliphatic carbocycles. The first kappa shape index (κ1) is 16.7. The van der Waals surface area contributed by atoms with Crippen LogP contribution in [0.15, 0.2) is 22.7 Å². The van der Waals surface area contributed by atoms with Crippen LogP contribution in [-0.4, -0.2) is 41.9 Å². The highest BCUT2D eigenvalue weighted by molar-refractivity contribution is 9.10. The standard InChI is InChI=1S/C15H20BrN3O3/c1-15(2,3)14(20)18-8-6-17(7-9-18)13-5-4-11(19(21)22)10-12(13)16/h4-5,10H,6-9H2,1-3H3. The number of carbonyl (C=O) groups is 1. The van der Waals surface area contributed by atoms with Crippen LogP contribution in [-0.2, 0) is 4.79 Å². The molecule has 1 amide bonds. The Bertz CT molecular complexity index is 590. The molecule has 0 N–H and O–H groups in total. The fourth-order valence-corrected chi connectivity index (χ4v) is 3.11. The summed E-state index contributed by atoms with van der Waals surface area (Å²) in [4.78, 5) is 26.7. The van der Waals surface area contributed by atoms with E-state index < -0.39 is 4.92 Å². The highest BCUT2D eigenvalue weighted by Crippen LogP contribution is 2.31. The number of nitrogens with zero attached hydrogens (tertiary/aromatic N) is 3. The van der Waals surface area contributed by atoms with Gasteiger partial charge in [0.05, 0.1) is 10.6 Å². The van der Waals surface area contributed by atoms with Crippen LogP contribution in [0.5, 0.6) is 0 Å². The normalized spacial score (nSPS) is 15.8. The van der Waals surface area contributed by atoms with Gasteiger partial charge in [-0.2, -0.15) is 0 Å². The number of non-ortho nitro benzene ring substituents is 1. The van der Waals surface area contributed by atoms with E-state index in [1.165, 1.54) is 12.1 Å². The molecule has 0 radical (unpaired) electrons. The highest BCUT2D eigenvalue weighted by Gasteiger charge is 2.30. The summed E-state index contributed by atoms with van der Waals surface area (Å²) in [7, 11) is 0. The van der Waals surface area contributed by atoms with E-state index in [1.54, 1.807) is 6.07 Å². The lowest BCUT2D eigenvalue weighted by molar-refractivity contribution is -0.384. The second-order valence-corrected chi connectivity index (χ2v) is 7.28. The van der Waals surface area contributed by atoms with E-state index in [-0.39, 0.29) is 17.0 Å². The summed E-state index contributed by atoms with van der Waals surface area (Å²) >= 11 is 3.40. The quantitative estimate of drug-likeness (QED) is 0.593. The SMILES string of the molecule is CC(C)(C)C(=O)N1CCN(c2ccc([N+](=O)[O-])cc2Br)CC1. The zero-order valence-corrected chi connectivity index (χ0v) is 14.6. The number of hydrogen-bond acceptors (Lipinski definition) is 4. The number of halogens is 1. The monoisotopic (exact) mass is 369 g/mol. The van der Waals surface area contributed by atoms with Gasteiger partial charge in [-0.05, 0) is 22.0 Å². The predicted octanol–water partition coefficient (Wildman–Crippen LogP) is 3.05. The molecule has 7 heteroatoms. The maximum Gasteiger partial charge on any atom is 0.270 e. The molecule has 1 aliphatic heterocycles. The number of hydrogen-bond donors (Lipinski definition) is 0. The molecule has 1 heterocycles. The Balaban J connectivity index is 2.06. The fourth-order valence-electron chi connectivity index (χ4n) is 2.49. The van der Waals surface area contributed by atoms with Gasteiger partial charge >= 0.3 is 0 Å². The largest absolute Gasteiger partial charge is 0.367 e. The van der Waals surface area contributed by atoms with Gasteiger partial charge < -0.3 is 9.80 Å². The van der Waals surface area contributed by atoms with Gasteiger partial charge in [-0.15, -0.1) is 0 Å². The Morgan fingerprint density at radius 1 is 1.23 bits per heavy atom. The zero-order valence-electron chi connectivity index (χ0n) is 13.0. The molecule has 0 atom stereocenters. The average molecular weight is 370 g/mol. The number of carbonyl (C=O) groups excluding carboxylic acids is 1. The number of anilines is 1. The van der Waals surface area contributed by atoms with E-state index in [2.05, 4.69) is 20.8 Å². The van der Waals surface area contributed by atoms with Gasteiger partial charge in [0.25, 0.3) is 5.69 Å². The summed E-state index contributed by atoms with van der Waals surface area (Å²) in [5.41, 5.74) is 0.626. The van der Waals surface area contributed by atoms with Gasteiger partial charge in [0.1, 0.15) is 0 Å². The molecule has 1 saturated heterocycles. The van der Waals surface area contributed by atoms with E-state index in [1.807, 2.05) is 25.7 Å². The van der Waals surface area contributed by atoms with Crippen LogP contribution >= 0.6 is 15.9 Å². The molecular weight excluding hydrogens is 350 g/mol. The predicted molar refractivity (Wildman–Crippen MR) is 89.0 cm³/mol. The maximum atomic E-state index is 12.3. The van der Waals surface area contributed by atoms with Crippen LogP contribution < -0.4 is 4.90 Å². The summed E-state index contributed by atoms with van der Waals surface area (Å²) in [6.45, 7) is 8.55. The first-order valence-electron chi connectivity index (χ1n) is 7.18. The zero-order chi connectivity index (χ0) is 16.5. The topological polar surface area (TPSA) is 66.7 Å². The van der Waals surface area contributed by atoms with Gasteiger partial charge in [0.15, 0.2) is 0 Å². The van der Waals surface area contributed by atoms with Crippen molar-refractivity contribution in [1.29, 1.82) is 0 Å². The van der Waals surface area contributed by atoms with Crippen molar-refractivity contribution in [3.05, 3.63) is 32.8 Å². The molecule has 1 aromatic carbocycles. The van der Waals surface area contributed by atoms with Crippen molar-refractivity contribution >= 4 is 33.2 Å². The minimum atomic E-state index is -0.408. The van der Waals surface area contributed by atoms with E-state index in [4.69, 9.17) is 0 Å². The number of rotatable bonds is 2. The van der Waals surface area contributed by atoms with Crippen molar-refractivity contribution in [2.75, 3.05) is 31.1 Å². The minimum Gasteiger partial charge on any atom is -0.367 e.